The van der Waals surface area contributed by atoms with Gasteiger partial charge < -0.3 is 9.64 Å². The Kier molecular flexibility index (Phi) is 3.46. The molecule has 0 saturated carbocycles. The van der Waals surface area contributed by atoms with E-state index in [2.05, 4.69) is 4.90 Å². The van der Waals surface area contributed by atoms with Gasteiger partial charge in [0.15, 0.2) is 5.88 Å². The molecule has 0 radical (unpaired) electrons. The predicted octanol–water partition coefficient (Wildman–Crippen LogP) is 1.48. The van der Waals surface area contributed by atoms with Crippen molar-refractivity contribution >= 4 is 0 Å². The maximum Gasteiger partial charge on any atom is 0.199 e. The molecule has 0 aromatic heterocycles. The molecule has 1 aliphatic rings. The number of methoxy groups -OCH3 is 1. The molecular formula is C9H14N2O. The van der Waals surface area contributed by atoms with Gasteiger partial charge in [0.1, 0.15) is 0 Å². The molecule has 3 nitrogen and oxygen atoms in total. The average Bonchev–Trinajstić information content (AvgIpc) is 2.15. The molecule has 0 aromatic carbocycles. The summed E-state index contributed by atoms with van der Waals surface area (Å²) in [4.78, 5) is 2.12. The van der Waals surface area contributed by atoms with Crippen LogP contribution in [0.2, 0.25) is 0 Å². The van der Waals surface area contributed by atoms with Crippen LogP contribution >= 0.6 is 0 Å². The number of allylic oxidation sites excluding steroid dienone is 1. The Balaban J connectivity index is 2.53. The number of nitriles is 1. The lowest BCUT2D eigenvalue weighted by molar-refractivity contribution is 0.135. The molecule has 3 heteroatoms. The van der Waals surface area contributed by atoms with E-state index >= 15 is 0 Å². The molecule has 0 bridgehead atoms. The van der Waals surface area contributed by atoms with E-state index in [9.17, 15) is 0 Å². The minimum Gasteiger partial charge on any atom is -0.482 e. The van der Waals surface area contributed by atoms with E-state index in [0.717, 1.165) is 13.1 Å². The SMILES string of the molecule is COC(=CC#N)N1CCCCC1. The van der Waals surface area contributed by atoms with Crippen molar-refractivity contribution in [1.29, 1.82) is 5.26 Å². The second kappa shape index (κ2) is 4.66. The maximum atomic E-state index is 8.47. The van der Waals surface area contributed by atoms with Crippen molar-refractivity contribution in [2.75, 3.05) is 20.2 Å². The van der Waals surface area contributed by atoms with Crippen LogP contribution in [0.5, 0.6) is 0 Å². The Bertz CT molecular complexity index is 199. The van der Waals surface area contributed by atoms with E-state index in [-0.39, 0.29) is 0 Å². The molecule has 0 aliphatic carbocycles. The zero-order valence-electron chi connectivity index (χ0n) is 7.42. The van der Waals surface area contributed by atoms with Crippen LogP contribution < -0.4 is 0 Å². The topological polar surface area (TPSA) is 36.3 Å². The van der Waals surface area contributed by atoms with Crippen LogP contribution in [0.3, 0.4) is 0 Å². The van der Waals surface area contributed by atoms with Gasteiger partial charge in [-0.15, -0.1) is 0 Å². The summed E-state index contributed by atoms with van der Waals surface area (Å²) in [7, 11) is 1.61. The zero-order valence-corrected chi connectivity index (χ0v) is 7.42. The van der Waals surface area contributed by atoms with Crippen molar-refractivity contribution in [3.63, 3.8) is 0 Å². The summed E-state index contributed by atoms with van der Waals surface area (Å²) in [6, 6.07) is 1.99. The van der Waals surface area contributed by atoms with Crippen LogP contribution in [0.4, 0.5) is 0 Å². The highest BCUT2D eigenvalue weighted by atomic mass is 16.5. The summed E-state index contributed by atoms with van der Waals surface area (Å²) >= 11 is 0. The minimum atomic E-state index is 0.706. The second-order valence-corrected chi connectivity index (χ2v) is 2.86. The zero-order chi connectivity index (χ0) is 8.81. The third-order valence-electron chi connectivity index (χ3n) is 2.06. The van der Waals surface area contributed by atoms with E-state index in [4.69, 9.17) is 10.00 Å². The quantitative estimate of drug-likeness (QED) is 0.460. The van der Waals surface area contributed by atoms with Gasteiger partial charge in [0.2, 0.25) is 0 Å². The second-order valence-electron chi connectivity index (χ2n) is 2.86. The number of hydrogen-bond acceptors (Lipinski definition) is 3. The van der Waals surface area contributed by atoms with E-state index in [1.165, 1.54) is 25.3 Å². The molecule has 0 amide bonds. The van der Waals surface area contributed by atoms with Gasteiger partial charge in [-0.05, 0) is 19.3 Å². The lowest BCUT2D eigenvalue weighted by Gasteiger charge is -2.28. The third-order valence-corrected chi connectivity index (χ3v) is 2.06. The van der Waals surface area contributed by atoms with Crippen LogP contribution in [-0.4, -0.2) is 25.1 Å². The number of hydrogen-bond donors (Lipinski definition) is 0. The Morgan fingerprint density at radius 2 is 2.08 bits per heavy atom. The fourth-order valence-electron chi connectivity index (χ4n) is 1.45. The van der Waals surface area contributed by atoms with Crippen LogP contribution in [-0.2, 0) is 4.74 Å². The number of likely N-dealkylation sites (tertiary alicyclic amines) is 1. The Hall–Kier alpha value is -1.17. The molecule has 0 spiro atoms. The van der Waals surface area contributed by atoms with Gasteiger partial charge in [-0.25, -0.2) is 0 Å². The Morgan fingerprint density at radius 3 is 2.58 bits per heavy atom. The molecule has 1 heterocycles. The molecule has 1 fully saturated rings. The lowest BCUT2D eigenvalue weighted by Crippen LogP contribution is -2.29. The largest absolute Gasteiger partial charge is 0.482 e. The van der Waals surface area contributed by atoms with Crippen LogP contribution in [0.15, 0.2) is 12.0 Å². The highest BCUT2D eigenvalue weighted by molar-refractivity contribution is 5.07. The van der Waals surface area contributed by atoms with Crippen LogP contribution in [0, 0.1) is 11.3 Å². The number of nitrogens with zero attached hydrogens (tertiary/aromatic N) is 2. The molecule has 0 atom stereocenters. The summed E-state index contributed by atoms with van der Waals surface area (Å²) < 4.78 is 5.09. The lowest BCUT2D eigenvalue weighted by atomic mass is 10.1. The molecule has 0 aromatic rings. The normalized spacial score (nSPS) is 18.7. The van der Waals surface area contributed by atoms with Gasteiger partial charge in [-0.2, -0.15) is 5.26 Å². The van der Waals surface area contributed by atoms with Gasteiger partial charge in [-0.1, -0.05) is 0 Å². The first kappa shape index (κ1) is 8.92. The van der Waals surface area contributed by atoms with Crippen LogP contribution in [0.1, 0.15) is 19.3 Å². The Labute approximate surface area is 73.2 Å². The molecule has 0 N–H and O–H groups in total. The molecular weight excluding hydrogens is 152 g/mol. The molecule has 1 saturated heterocycles. The minimum absolute atomic E-state index is 0.706. The summed E-state index contributed by atoms with van der Waals surface area (Å²) in [5.74, 6) is 0.706. The van der Waals surface area contributed by atoms with Gasteiger partial charge in [0.05, 0.1) is 19.3 Å². The van der Waals surface area contributed by atoms with E-state index < -0.39 is 0 Å². The molecule has 66 valence electrons. The van der Waals surface area contributed by atoms with Crippen LogP contribution in [0.25, 0.3) is 0 Å². The highest BCUT2D eigenvalue weighted by Gasteiger charge is 2.12. The molecule has 12 heavy (non-hydrogen) atoms. The molecule has 1 rings (SSSR count). The third kappa shape index (κ3) is 2.16. The van der Waals surface area contributed by atoms with Crippen molar-refractivity contribution in [2.24, 2.45) is 0 Å². The summed E-state index contributed by atoms with van der Waals surface area (Å²) in [6.07, 6.45) is 5.16. The smallest absolute Gasteiger partial charge is 0.199 e. The number of piperidine rings is 1. The summed E-state index contributed by atoms with van der Waals surface area (Å²) in [5.41, 5.74) is 0. The van der Waals surface area contributed by atoms with Crippen molar-refractivity contribution in [3.8, 4) is 6.07 Å². The standard InChI is InChI=1S/C9H14N2O/c1-12-9(5-6-10)11-7-3-2-4-8-11/h5H,2-4,7-8H2,1H3. The fourth-order valence-corrected chi connectivity index (χ4v) is 1.45. The van der Waals surface area contributed by atoms with Crippen molar-refractivity contribution in [3.05, 3.63) is 12.0 Å². The summed E-state index contributed by atoms with van der Waals surface area (Å²) in [5, 5.41) is 8.47. The first-order valence-electron chi connectivity index (χ1n) is 4.27. The fraction of sp³-hybridized carbons (Fsp3) is 0.667. The first-order valence-corrected chi connectivity index (χ1v) is 4.27. The highest BCUT2D eigenvalue weighted by Crippen LogP contribution is 2.14. The number of ether oxygens (including phenoxy) is 1. The van der Waals surface area contributed by atoms with E-state index in [1.54, 1.807) is 7.11 Å². The Morgan fingerprint density at radius 1 is 1.42 bits per heavy atom. The molecule has 1 aliphatic heterocycles. The maximum absolute atomic E-state index is 8.47. The van der Waals surface area contributed by atoms with Crippen molar-refractivity contribution in [1.82, 2.24) is 4.90 Å². The van der Waals surface area contributed by atoms with Crippen molar-refractivity contribution < 1.29 is 4.74 Å². The monoisotopic (exact) mass is 166 g/mol. The number of rotatable bonds is 2. The van der Waals surface area contributed by atoms with Gasteiger partial charge in [0, 0.05) is 13.1 Å². The van der Waals surface area contributed by atoms with Gasteiger partial charge in [0.25, 0.3) is 0 Å². The van der Waals surface area contributed by atoms with Crippen molar-refractivity contribution in [2.45, 2.75) is 19.3 Å². The first-order chi connectivity index (χ1) is 5.88. The average molecular weight is 166 g/mol. The molecule has 0 unspecified atom stereocenters. The van der Waals surface area contributed by atoms with E-state index in [0.29, 0.717) is 5.88 Å². The predicted molar refractivity (Wildman–Crippen MR) is 46.1 cm³/mol. The van der Waals surface area contributed by atoms with E-state index in [1.807, 2.05) is 6.07 Å². The van der Waals surface area contributed by atoms with Gasteiger partial charge >= 0.3 is 0 Å². The van der Waals surface area contributed by atoms with Gasteiger partial charge in [-0.3, -0.25) is 0 Å². The summed E-state index contributed by atoms with van der Waals surface area (Å²) in [6.45, 7) is 2.03.